The Hall–Kier alpha value is -14.5. The second-order valence-corrected chi connectivity index (χ2v) is 29.9. The molecule has 0 aliphatic carbocycles. The van der Waals surface area contributed by atoms with Crippen molar-refractivity contribution in [2.75, 3.05) is 37.2 Å². The summed E-state index contributed by atoms with van der Waals surface area (Å²) in [5, 5.41) is 85.3. The fourth-order valence-corrected chi connectivity index (χ4v) is 13.4. The maximum atomic E-state index is 14.5. The molecular formula is C75H72N18O22S2. The number of nitrogens with two attached hydrogens (primary N) is 1. The number of ether oxygens (including phenoxy) is 1. The lowest BCUT2D eigenvalue weighted by Crippen LogP contribution is -2.46. The van der Waals surface area contributed by atoms with Crippen LogP contribution < -0.4 is 43.2 Å². The molecule has 2 fully saturated rings. The standard InChI is InChI=1S/C49H47N9O11S.C26H25N9O11S/c1-47(2,3)67-45(66)48(4,5)69-56-39(36-27-70-46(53-36)54-49(28-15-9-6-10-16-28,29-17-11-7-12-18-29)30-19-13-8-14-20-30)42(62)52-35-26-57-25-32(40(44(64)65)58(57)43(35)63)41(61)51-23-31-21-34(55-68-31)33-22-37(59)38(60)24-50-33;1-26(2,24(43)44)46-33-18(15-9-47-25(27)31-15)21(39)30-14-8-34-7-11(19(23(41)42)35(34)22(14)40)20(38)29-5-10-3-13(32-45-10)12-4-16(36)17(37)6-28-12/h6-22,24,27,35,60H,23,25-26H2,1-5H3,(H,50,59)(H,51,61)(H,52,62)(H,53,54)(H,64,65);3-4,6,9,14,37H,5,7-8H2,1-2H3,(H2,27,31)(H,28,36)(H,29,38)(H,30,39)(H,41,42)(H,43,44)/b56-39-;33-18-/t35-;14-/m00/s1. The van der Waals surface area contributed by atoms with Gasteiger partial charge in [-0.2, -0.15) is 0 Å². The van der Waals surface area contributed by atoms with Crippen molar-refractivity contribution in [3.63, 3.8) is 0 Å². The van der Waals surface area contributed by atoms with Gasteiger partial charge in [0.25, 0.3) is 35.4 Å². The van der Waals surface area contributed by atoms with Gasteiger partial charge < -0.3 is 91.3 Å². The zero-order valence-electron chi connectivity index (χ0n) is 62.7. The van der Waals surface area contributed by atoms with Gasteiger partial charge in [-0.1, -0.05) is 112 Å². The summed E-state index contributed by atoms with van der Waals surface area (Å²) in [4.78, 5) is 180. The number of fused-ring (bicyclic) bond motifs is 2. The van der Waals surface area contributed by atoms with Crippen molar-refractivity contribution in [2.45, 2.75) is 96.0 Å². The molecule has 0 unspecified atom stereocenters. The maximum absolute atomic E-state index is 14.5. The summed E-state index contributed by atoms with van der Waals surface area (Å²) in [5.41, 5.74) is -0.187. The number of pyridine rings is 2. The van der Waals surface area contributed by atoms with Crippen LogP contribution in [0.3, 0.4) is 0 Å². The fraction of sp³-hybridized carbons (Fsp3) is 0.253. The number of hydrogen-bond acceptors (Lipinski definition) is 31. The second kappa shape index (κ2) is 33.3. The number of aromatic amines is 2. The molecule has 0 radical (unpaired) electrons. The van der Waals surface area contributed by atoms with Crippen LogP contribution in [0.2, 0.25) is 0 Å². The number of benzene rings is 3. The number of esters is 1. The number of oxime groups is 2. The van der Waals surface area contributed by atoms with Crippen molar-refractivity contribution in [3.05, 3.63) is 221 Å². The quantitative estimate of drug-likeness (QED) is 0.0152. The highest BCUT2D eigenvalue weighted by Gasteiger charge is 2.52. The Morgan fingerprint density at radius 1 is 0.581 bits per heavy atom. The van der Waals surface area contributed by atoms with Crippen LogP contribution in [0.15, 0.2) is 190 Å². The average Bonchev–Trinajstić information content (AvgIpc) is 1.75. The number of amides is 6. The van der Waals surface area contributed by atoms with Crippen LogP contribution in [0.25, 0.3) is 22.8 Å². The predicted molar refractivity (Wildman–Crippen MR) is 411 cm³/mol. The van der Waals surface area contributed by atoms with Crippen LogP contribution in [0, 0.1) is 0 Å². The summed E-state index contributed by atoms with van der Waals surface area (Å²) < 4.78 is 16.0. The number of carboxylic acids is 3. The topological polar surface area (TPSA) is 567 Å². The summed E-state index contributed by atoms with van der Waals surface area (Å²) in [6, 6.07) is 31.7. The van der Waals surface area contributed by atoms with Gasteiger partial charge in [-0.15, -0.1) is 22.7 Å². The van der Waals surface area contributed by atoms with E-state index in [4.69, 9.17) is 34.2 Å². The molecule has 10 heterocycles. The molecule has 6 amide bonds. The van der Waals surface area contributed by atoms with E-state index in [0.29, 0.717) is 5.13 Å². The van der Waals surface area contributed by atoms with E-state index in [2.05, 4.69) is 62.2 Å². The van der Waals surface area contributed by atoms with E-state index in [1.165, 1.54) is 66.6 Å². The summed E-state index contributed by atoms with van der Waals surface area (Å²) in [6.45, 7) is 8.72. The number of nitrogen functional groups attached to an aromatic ring is 1. The van der Waals surface area contributed by atoms with E-state index in [1.807, 2.05) is 91.0 Å². The third-order valence-electron chi connectivity index (χ3n) is 17.9. The highest BCUT2D eigenvalue weighted by Crippen LogP contribution is 2.41. The van der Waals surface area contributed by atoms with Gasteiger partial charge in [0.15, 0.2) is 56.1 Å². The lowest BCUT2D eigenvalue weighted by atomic mass is 9.77. The van der Waals surface area contributed by atoms with Crippen molar-refractivity contribution in [2.24, 2.45) is 10.3 Å². The fourth-order valence-electron chi connectivity index (χ4n) is 12.1. The van der Waals surface area contributed by atoms with Crippen LogP contribution in [-0.2, 0) is 81.0 Å². The van der Waals surface area contributed by atoms with E-state index < -0.39 is 139 Å². The maximum Gasteiger partial charge on any atom is 0.354 e. The molecular weight excluding hydrogens is 1570 g/mol. The lowest BCUT2D eigenvalue weighted by Gasteiger charge is -2.36. The summed E-state index contributed by atoms with van der Waals surface area (Å²) >= 11 is 2.13. The van der Waals surface area contributed by atoms with Gasteiger partial charge in [0.05, 0.1) is 48.7 Å². The third kappa shape index (κ3) is 17.8. The number of carbonyl (C=O) groups is 10. The first-order valence-electron chi connectivity index (χ1n) is 35.2. The number of hydrazine groups is 2. The lowest BCUT2D eigenvalue weighted by molar-refractivity contribution is -0.179. The van der Waals surface area contributed by atoms with Gasteiger partial charge in [-0.05, 0) is 65.2 Å². The zero-order valence-corrected chi connectivity index (χ0v) is 64.4. The van der Waals surface area contributed by atoms with Gasteiger partial charge in [0.2, 0.25) is 22.1 Å². The van der Waals surface area contributed by atoms with Crippen LogP contribution >= 0.6 is 22.7 Å². The Labute approximate surface area is 667 Å². The summed E-state index contributed by atoms with van der Waals surface area (Å²) in [5.74, 6) is -11.3. The van der Waals surface area contributed by atoms with Crippen LogP contribution in [0.5, 0.6) is 11.5 Å². The minimum atomic E-state index is -1.83. The number of hydrogen-bond donors (Lipinski definition) is 13. The van der Waals surface area contributed by atoms with E-state index in [1.54, 1.807) is 26.2 Å². The molecule has 4 aliphatic rings. The molecule has 117 heavy (non-hydrogen) atoms. The van der Waals surface area contributed by atoms with Crippen molar-refractivity contribution in [3.8, 4) is 34.3 Å². The normalized spacial score (nSPS) is 15.9. The number of thiazole rings is 2. The SMILES string of the molecule is CC(C)(C)OC(=O)C(C)(C)O/N=C(\C(=O)N[C@H]1CN2CC(C(=O)NCc3cc(-c4cc(=O)c(O)c[nH]4)no3)=C(C(=O)O)N2C1=O)c1csc(NC(c2ccccc2)(c2ccccc2)c2ccccc2)n1.CC(C)(O/N=C(\C(=O)N[C@H]1CN2CC(C(=O)NCc3cc(-c4cc(=O)c(O)c[nH]4)no3)=C(C(=O)O)N2C1=O)c1csc(N)n1)C(=O)O. The number of rotatable bonds is 27. The molecule has 2 saturated heterocycles. The highest BCUT2D eigenvalue weighted by atomic mass is 32.1. The number of aromatic nitrogens is 6. The molecule has 3 aromatic carbocycles. The Bertz CT molecular complexity index is 5590. The van der Waals surface area contributed by atoms with E-state index in [0.717, 1.165) is 62.6 Å². The number of aromatic hydroxyl groups is 2. The van der Waals surface area contributed by atoms with Gasteiger partial charge in [0.1, 0.15) is 46.0 Å². The molecule has 40 nitrogen and oxygen atoms in total. The zero-order chi connectivity index (χ0) is 84.2. The number of anilines is 2. The number of H-pyrrole nitrogens is 2. The first kappa shape index (κ1) is 82.0. The molecule has 14 N–H and O–H groups in total. The molecule has 6 aromatic heterocycles. The molecule has 0 bridgehead atoms. The second-order valence-electron chi connectivity index (χ2n) is 28.2. The van der Waals surface area contributed by atoms with Crippen molar-refractivity contribution >= 4 is 104 Å². The molecule has 4 aliphatic heterocycles. The third-order valence-corrected chi connectivity index (χ3v) is 19.3. The minimum Gasteiger partial charge on any atom is -0.503 e. The van der Waals surface area contributed by atoms with Crippen molar-refractivity contribution in [1.82, 2.24) is 71.6 Å². The number of nitrogens with zero attached hydrogens (tertiary/aromatic N) is 10. The van der Waals surface area contributed by atoms with E-state index in [9.17, 15) is 83.1 Å². The molecule has 13 rings (SSSR count). The molecule has 606 valence electrons. The highest BCUT2D eigenvalue weighted by molar-refractivity contribution is 7.14. The Morgan fingerprint density at radius 2 is 0.991 bits per heavy atom. The number of nitrogens with one attached hydrogen (secondary N) is 7. The number of carboxylic acid groups (broad SMARTS) is 3. The molecule has 2 atom stereocenters. The number of carbonyl (C=O) groups excluding carboxylic acids is 7. The van der Waals surface area contributed by atoms with Gasteiger partial charge in [0, 0.05) is 60.5 Å². The summed E-state index contributed by atoms with van der Waals surface area (Å²) in [7, 11) is 0. The van der Waals surface area contributed by atoms with Gasteiger partial charge in [-0.3, -0.25) is 38.4 Å². The first-order chi connectivity index (χ1) is 55.5. The van der Waals surface area contributed by atoms with Crippen molar-refractivity contribution in [1.29, 1.82) is 0 Å². The van der Waals surface area contributed by atoms with Crippen LogP contribution in [0.1, 0.15) is 88.1 Å². The van der Waals surface area contributed by atoms with E-state index >= 15 is 0 Å². The minimum absolute atomic E-state index is 0.0136. The van der Waals surface area contributed by atoms with Crippen molar-refractivity contribution < 1.29 is 96.9 Å². The molecule has 42 heteroatoms. The van der Waals surface area contributed by atoms with Crippen LogP contribution in [0.4, 0.5) is 10.3 Å². The molecule has 9 aromatic rings. The Morgan fingerprint density at radius 3 is 1.38 bits per heavy atom. The van der Waals surface area contributed by atoms with E-state index in [-0.39, 0.29) is 101 Å². The van der Waals surface area contributed by atoms with Gasteiger partial charge >= 0.3 is 23.9 Å². The largest absolute Gasteiger partial charge is 0.503 e. The smallest absolute Gasteiger partial charge is 0.354 e. The predicted octanol–water partition coefficient (Wildman–Crippen LogP) is 3.22. The monoisotopic (exact) mass is 1640 g/mol. The Balaban J connectivity index is 0.000000233. The van der Waals surface area contributed by atoms with Gasteiger partial charge in [-0.25, -0.2) is 49.2 Å². The Kier molecular flexibility index (Phi) is 23.3. The molecule has 0 saturated carbocycles. The molecule has 0 spiro atoms. The first-order valence-corrected chi connectivity index (χ1v) is 36.9. The number of aliphatic carboxylic acids is 3. The van der Waals surface area contributed by atoms with Crippen LogP contribution in [-0.4, -0.2) is 202 Å². The summed E-state index contributed by atoms with van der Waals surface area (Å²) in [6.07, 6.45) is 2.17. The average molecular weight is 1640 g/mol.